The summed E-state index contributed by atoms with van der Waals surface area (Å²) >= 11 is 0. The summed E-state index contributed by atoms with van der Waals surface area (Å²) in [6.07, 6.45) is 0.732. The lowest BCUT2D eigenvalue weighted by Crippen LogP contribution is -2.48. The minimum absolute atomic E-state index is 0.0893. The van der Waals surface area contributed by atoms with Crippen molar-refractivity contribution in [2.24, 2.45) is 5.92 Å². The first-order valence-corrected chi connectivity index (χ1v) is 5.57. The van der Waals surface area contributed by atoms with Crippen molar-refractivity contribution in [3.05, 3.63) is 0 Å². The molecule has 0 spiro atoms. The van der Waals surface area contributed by atoms with Crippen molar-refractivity contribution in [2.75, 3.05) is 7.11 Å². The van der Waals surface area contributed by atoms with Gasteiger partial charge in [-0.3, -0.25) is 0 Å². The molecule has 2 saturated heterocycles. The van der Waals surface area contributed by atoms with Gasteiger partial charge in [-0.2, -0.15) is 0 Å². The van der Waals surface area contributed by atoms with Gasteiger partial charge in [-0.1, -0.05) is 6.92 Å². The second-order valence-electron chi connectivity index (χ2n) is 5.19. The first kappa shape index (κ1) is 10.0. The van der Waals surface area contributed by atoms with E-state index in [1.807, 2.05) is 13.8 Å². The molecular weight excluding hydrogens is 196 g/mol. The van der Waals surface area contributed by atoms with Crippen LogP contribution in [0.3, 0.4) is 0 Å². The maximum absolute atomic E-state index is 5.91. The Balaban J connectivity index is 1.85. The topological polar surface area (TPSA) is 40.2 Å². The van der Waals surface area contributed by atoms with E-state index in [4.69, 9.17) is 18.9 Å². The Morgan fingerprint density at radius 2 is 1.67 bits per heavy atom. The quantitative estimate of drug-likeness (QED) is 0.609. The Labute approximate surface area is 89.8 Å². The van der Waals surface area contributed by atoms with Crippen LogP contribution in [0.2, 0.25) is 0 Å². The Bertz CT molecular complexity index is 278. The molecule has 0 bridgehead atoms. The molecule has 4 nitrogen and oxygen atoms in total. The van der Waals surface area contributed by atoms with Crippen LogP contribution in [-0.4, -0.2) is 43.4 Å². The number of ether oxygens (including phenoxy) is 4. The van der Waals surface area contributed by atoms with Crippen LogP contribution in [-0.2, 0) is 18.9 Å². The van der Waals surface area contributed by atoms with Crippen molar-refractivity contribution in [1.82, 2.24) is 0 Å². The summed E-state index contributed by atoms with van der Waals surface area (Å²) < 4.78 is 22.9. The molecule has 2 aliphatic heterocycles. The first-order chi connectivity index (χ1) is 7.03. The highest BCUT2D eigenvalue weighted by molar-refractivity contribution is 5.10. The summed E-state index contributed by atoms with van der Waals surface area (Å²) in [5, 5.41) is 0. The van der Waals surface area contributed by atoms with Gasteiger partial charge in [0.1, 0.15) is 18.3 Å². The minimum Gasteiger partial charge on any atom is -0.378 e. The van der Waals surface area contributed by atoms with Gasteiger partial charge in [0.05, 0.1) is 12.2 Å². The number of rotatable bonds is 1. The fourth-order valence-electron chi connectivity index (χ4n) is 2.98. The average Bonchev–Trinajstić information content (AvgIpc) is 2.85. The van der Waals surface area contributed by atoms with Crippen LogP contribution >= 0.6 is 0 Å². The highest BCUT2D eigenvalue weighted by Crippen LogP contribution is 2.49. The standard InChI is InChI=1S/C11H18O4/c1-5-6(12-4)8-9(13-8)10-7(5)14-11(2,3)15-10/h5-10H,1-4H3/t5-,6-,7-,8+,9+,10-/m1/s1. The monoisotopic (exact) mass is 214 g/mol. The summed E-state index contributed by atoms with van der Waals surface area (Å²) in [6, 6.07) is 0. The van der Waals surface area contributed by atoms with Gasteiger partial charge in [0.2, 0.25) is 0 Å². The molecule has 0 unspecified atom stereocenters. The molecule has 15 heavy (non-hydrogen) atoms. The molecule has 0 amide bonds. The zero-order valence-electron chi connectivity index (χ0n) is 9.60. The van der Waals surface area contributed by atoms with E-state index < -0.39 is 5.79 Å². The average molecular weight is 214 g/mol. The highest BCUT2D eigenvalue weighted by Gasteiger charge is 2.65. The van der Waals surface area contributed by atoms with E-state index >= 15 is 0 Å². The minimum atomic E-state index is -0.483. The SMILES string of the molecule is CO[C@@H]1[C@@H](C)[C@H]2OC(C)(C)O[C@H]2[C@H]2O[C@H]21. The van der Waals surface area contributed by atoms with Gasteiger partial charge in [-0.25, -0.2) is 0 Å². The number of fused-ring (bicyclic) bond motifs is 3. The van der Waals surface area contributed by atoms with E-state index in [2.05, 4.69) is 6.92 Å². The molecule has 4 heteroatoms. The molecule has 1 saturated carbocycles. The van der Waals surface area contributed by atoms with E-state index in [0.29, 0.717) is 5.92 Å². The molecule has 0 radical (unpaired) electrons. The lowest BCUT2D eigenvalue weighted by atomic mass is 9.83. The third-order valence-corrected chi connectivity index (χ3v) is 3.68. The van der Waals surface area contributed by atoms with Gasteiger partial charge in [0.15, 0.2) is 5.79 Å². The van der Waals surface area contributed by atoms with Gasteiger partial charge >= 0.3 is 0 Å². The fourth-order valence-corrected chi connectivity index (χ4v) is 2.98. The van der Waals surface area contributed by atoms with E-state index in [1.54, 1.807) is 7.11 Å². The maximum Gasteiger partial charge on any atom is 0.163 e. The van der Waals surface area contributed by atoms with Crippen molar-refractivity contribution in [3.63, 3.8) is 0 Å². The van der Waals surface area contributed by atoms with Gasteiger partial charge in [-0.05, 0) is 13.8 Å². The van der Waals surface area contributed by atoms with Crippen LogP contribution in [0.25, 0.3) is 0 Å². The van der Waals surface area contributed by atoms with E-state index in [9.17, 15) is 0 Å². The first-order valence-electron chi connectivity index (χ1n) is 5.57. The van der Waals surface area contributed by atoms with Gasteiger partial charge in [-0.15, -0.1) is 0 Å². The molecule has 3 fully saturated rings. The van der Waals surface area contributed by atoms with Crippen LogP contribution in [0.1, 0.15) is 20.8 Å². The number of hydrogen-bond donors (Lipinski definition) is 0. The fraction of sp³-hybridized carbons (Fsp3) is 1.00. The van der Waals surface area contributed by atoms with Crippen molar-refractivity contribution in [1.29, 1.82) is 0 Å². The largest absolute Gasteiger partial charge is 0.378 e. The smallest absolute Gasteiger partial charge is 0.163 e. The van der Waals surface area contributed by atoms with Gasteiger partial charge in [0, 0.05) is 13.0 Å². The summed E-state index contributed by atoms with van der Waals surface area (Å²) in [7, 11) is 1.74. The Kier molecular flexibility index (Phi) is 1.97. The molecule has 0 aromatic rings. The highest BCUT2D eigenvalue weighted by atomic mass is 16.8. The molecule has 0 N–H and O–H groups in total. The molecule has 1 aliphatic carbocycles. The normalized spacial score (nSPS) is 56.0. The zero-order chi connectivity index (χ0) is 10.8. The second-order valence-corrected chi connectivity index (χ2v) is 5.19. The van der Waals surface area contributed by atoms with Crippen molar-refractivity contribution >= 4 is 0 Å². The number of hydrogen-bond acceptors (Lipinski definition) is 4. The van der Waals surface area contributed by atoms with Gasteiger partial charge in [0.25, 0.3) is 0 Å². The van der Waals surface area contributed by atoms with Crippen LogP contribution in [0.5, 0.6) is 0 Å². The Morgan fingerprint density at radius 1 is 1.00 bits per heavy atom. The molecule has 6 atom stereocenters. The molecular formula is C11H18O4. The molecule has 86 valence electrons. The van der Waals surface area contributed by atoms with Crippen molar-refractivity contribution in [2.45, 2.75) is 57.1 Å². The predicted octanol–water partition coefficient (Wildman–Crippen LogP) is 0.939. The third-order valence-electron chi connectivity index (χ3n) is 3.68. The Hall–Kier alpha value is -0.160. The molecule has 0 aromatic heterocycles. The molecule has 3 rings (SSSR count). The van der Waals surface area contributed by atoms with Crippen LogP contribution in [0.15, 0.2) is 0 Å². The van der Waals surface area contributed by atoms with Gasteiger partial charge < -0.3 is 18.9 Å². The van der Waals surface area contributed by atoms with E-state index in [-0.39, 0.29) is 30.5 Å². The lowest BCUT2D eigenvalue weighted by molar-refractivity contribution is -0.154. The summed E-state index contributed by atoms with van der Waals surface area (Å²) in [5.74, 6) is -0.159. The second kappa shape index (κ2) is 2.94. The molecule has 3 aliphatic rings. The van der Waals surface area contributed by atoms with Crippen LogP contribution in [0, 0.1) is 5.92 Å². The third kappa shape index (κ3) is 1.35. The number of methoxy groups -OCH3 is 1. The molecule has 0 aromatic carbocycles. The summed E-state index contributed by atoms with van der Waals surface area (Å²) in [5.41, 5.74) is 0. The van der Waals surface area contributed by atoms with Crippen molar-refractivity contribution < 1.29 is 18.9 Å². The number of epoxide rings is 1. The molecule has 2 heterocycles. The summed E-state index contributed by atoms with van der Waals surface area (Å²) in [6.45, 7) is 6.06. The Morgan fingerprint density at radius 3 is 2.33 bits per heavy atom. The van der Waals surface area contributed by atoms with Crippen LogP contribution in [0.4, 0.5) is 0 Å². The maximum atomic E-state index is 5.91. The predicted molar refractivity (Wildman–Crippen MR) is 52.4 cm³/mol. The zero-order valence-corrected chi connectivity index (χ0v) is 9.60. The lowest BCUT2D eigenvalue weighted by Gasteiger charge is -2.31. The summed E-state index contributed by atoms with van der Waals surface area (Å²) in [4.78, 5) is 0. The van der Waals surface area contributed by atoms with E-state index in [0.717, 1.165) is 0 Å². The van der Waals surface area contributed by atoms with Crippen LogP contribution < -0.4 is 0 Å². The van der Waals surface area contributed by atoms with E-state index in [1.165, 1.54) is 0 Å². The van der Waals surface area contributed by atoms with Crippen molar-refractivity contribution in [3.8, 4) is 0 Å².